The topological polar surface area (TPSA) is 64.6 Å². The second-order valence-electron chi connectivity index (χ2n) is 4.41. The molecule has 112 valence electrons. The van der Waals surface area contributed by atoms with Gasteiger partial charge in [0.25, 0.3) is 0 Å². The maximum atomic E-state index is 12.9. The second-order valence-corrected chi connectivity index (χ2v) is 4.41. The van der Waals surface area contributed by atoms with E-state index in [-0.39, 0.29) is 12.8 Å². The maximum absolute atomic E-state index is 12.9. The molecule has 19 heavy (non-hydrogen) atoms. The molecule has 0 heterocycles. The molecule has 0 aliphatic rings. The molecule has 0 aliphatic heterocycles. The highest BCUT2D eigenvalue weighted by Crippen LogP contribution is 2.25. The molecule has 0 saturated heterocycles. The van der Waals surface area contributed by atoms with Crippen LogP contribution < -0.4 is 5.32 Å². The van der Waals surface area contributed by atoms with E-state index >= 15 is 0 Å². The summed E-state index contributed by atoms with van der Waals surface area (Å²) >= 11 is 0. The standard InChI is InChI=1S/C12H21F2NO4/c1-5-8(6-7-12(2,13)14)9(10(16)18-3)15-11(17)19-4/h8-9H,5-7H2,1-4H3,(H,15,17). The van der Waals surface area contributed by atoms with Gasteiger partial charge in [0.15, 0.2) is 0 Å². The fraction of sp³-hybridized carbons (Fsp3) is 0.833. The molecule has 1 amide bonds. The van der Waals surface area contributed by atoms with Crippen molar-refractivity contribution in [2.75, 3.05) is 14.2 Å². The van der Waals surface area contributed by atoms with Crippen LogP contribution >= 0.6 is 0 Å². The quantitative estimate of drug-likeness (QED) is 0.727. The van der Waals surface area contributed by atoms with Gasteiger partial charge in [-0.3, -0.25) is 0 Å². The maximum Gasteiger partial charge on any atom is 0.407 e. The van der Waals surface area contributed by atoms with Gasteiger partial charge in [0.2, 0.25) is 5.92 Å². The number of rotatable bonds is 7. The molecule has 0 rings (SSSR count). The average molecular weight is 281 g/mol. The van der Waals surface area contributed by atoms with Gasteiger partial charge >= 0.3 is 12.1 Å². The molecule has 7 heteroatoms. The van der Waals surface area contributed by atoms with Gasteiger partial charge in [0.1, 0.15) is 6.04 Å². The van der Waals surface area contributed by atoms with E-state index < -0.39 is 29.9 Å². The van der Waals surface area contributed by atoms with E-state index in [2.05, 4.69) is 14.8 Å². The van der Waals surface area contributed by atoms with Crippen molar-refractivity contribution >= 4 is 12.1 Å². The van der Waals surface area contributed by atoms with Crippen molar-refractivity contribution in [2.24, 2.45) is 5.92 Å². The van der Waals surface area contributed by atoms with Gasteiger partial charge in [-0.2, -0.15) is 0 Å². The first-order chi connectivity index (χ1) is 8.75. The first-order valence-electron chi connectivity index (χ1n) is 6.05. The number of methoxy groups -OCH3 is 2. The summed E-state index contributed by atoms with van der Waals surface area (Å²) in [5.74, 6) is -3.91. The number of nitrogens with one attached hydrogen (secondary N) is 1. The number of alkyl halides is 2. The molecule has 0 aromatic rings. The summed E-state index contributed by atoms with van der Waals surface area (Å²) in [5.41, 5.74) is 0. The van der Waals surface area contributed by atoms with Crippen LogP contribution in [0.1, 0.15) is 33.1 Å². The normalized spacial score (nSPS) is 14.4. The van der Waals surface area contributed by atoms with Crippen LogP contribution in [0.25, 0.3) is 0 Å². The average Bonchev–Trinajstić information content (AvgIpc) is 2.35. The molecular weight excluding hydrogens is 260 g/mol. The van der Waals surface area contributed by atoms with Crippen LogP contribution in [-0.4, -0.2) is 38.2 Å². The molecule has 0 fully saturated rings. The molecule has 2 atom stereocenters. The van der Waals surface area contributed by atoms with Gasteiger partial charge in [-0.1, -0.05) is 13.3 Å². The van der Waals surface area contributed by atoms with Crippen LogP contribution in [0, 0.1) is 5.92 Å². The molecule has 0 spiro atoms. The largest absolute Gasteiger partial charge is 0.467 e. The zero-order valence-corrected chi connectivity index (χ0v) is 11.7. The lowest BCUT2D eigenvalue weighted by molar-refractivity contribution is -0.144. The van der Waals surface area contributed by atoms with Crippen LogP contribution in [0.3, 0.4) is 0 Å². The number of carbonyl (C=O) groups excluding carboxylic acids is 2. The molecule has 0 aliphatic carbocycles. The third kappa shape index (κ3) is 6.93. The summed E-state index contributed by atoms with van der Waals surface area (Å²) < 4.78 is 34.7. The Labute approximate surface area is 111 Å². The fourth-order valence-electron chi connectivity index (χ4n) is 1.73. The summed E-state index contributed by atoms with van der Waals surface area (Å²) in [4.78, 5) is 22.8. The molecule has 2 unspecified atom stereocenters. The zero-order valence-electron chi connectivity index (χ0n) is 11.7. The molecule has 0 bridgehead atoms. The van der Waals surface area contributed by atoms with E-state index in [1.807, 2.05) is 0 Å². The lowest BCUT2D eigenvalue weighted by atomic mass is 9.90. The van der Waals surface area contributed by atoms with Gasteiger partial charge in [-0.15, -0.1) is 0 Å². The summed E-state index contributed by atoms with van der Waals surface area (Å²) in [6.07, 6.45) is -0.594. The van der Waals surface area contributed by atoms with Crippen molar-refractivity contribution in [1.29, 1.82) is 0 Å². The number of hydrogen-bond acceptors (Lipinski definition) is 4. The van der Waals surface area contributed by atoms with Crippen molar-refractivity contribution in [3.8, 4) is 0 Å². The summed E-state index contributed by atoms with van der Waals surface area (Å²) in [7, 11) is 2.33. The summed E-state index contributed by atoms with van der Waals surface area (Å²) in [6, 6.07) is -0.982. The van der Waals surface area contributed by atoms with Gasteiger partial charge in [-0.05, 0) is 19.3 Å². The lowest BCUT2D eigenvalue weighted by Gasteiger charge is -2.25. The molecular formula is C12H21F2NO4. The van der Waals surface area contributed by atoms with E-state index in [1.54, 1.807) is 6.92 Å². The number of ether oxygens (including phenoxy) is 2. The van der Waals surface area contributed by atoms with Crippen molar-refractivity contribution in [3.05, 3.63) is 0 Å². The minimum absolute atomic E-state index is 0.101. The third-order valence-electron chi connectivity index (χ3n) is 2.86. The fourth-order valence-corrected chi connectivity index (χ4v) is 1.73. The van der Waals surface area contributed by atoms with E-state index in [0.29, 0.717) is 6.42 Å². The van der Waals surface area contributed by atoms with Crippen molar-refractivity contribution < 1.29 is 27.8 Å². The minimum Gasteiger partial charge on any atom is -0.467 e. The van der Waals surface area contributed by atoms with Gasteiger partial charge < -0.3 is 14.8 Å². The van der Waals surface area contributed by atoms with Gasteiger partial charge in [-0.25, -0.2) is 18.4 Å². The number of carbonyl (C=O) groups is 2. The number of hydrogen-bond donors (Lipinski definition) is 1. The van der Waals surface area contributed by atoms with Crippen LogP contribution in [0.2, 0.25) is 0 Å². The summed E-state index contributed by atoms with van der Waals surface area (Å²) in [5, 5.41) is 2.32. The van der Waals surface area contributed by atoms with Crippen LogP contribution in [0.5, 0.6) is 0 Å². The van der Waals surface area contributed by atoms with Gasteiger partial charge in [0.05, 0.1) is 14.2 Å². The predicted molar refractivity (Wildman–Crippen MR) is 65.0 cm³/mol. The van der Waals surface area contributed by atoms with E-state index in [9.17, 15) is 18.4 Å². The lowest BCUT2D eigenvalue weighted by Crippen LogP contribution is -2.46. The summed E-state index contributed by atoms with van der Waals surface area (Å²) in [6.45, 7) is 2.58. The smallest absolute Gasteiger partial charge is 0.407 e. The monoisotopic (exact) mass is 281 g/mol. The van der Waals surface area contributed by atoms with Crippen molar-refractivity contribution in [2.45, 2.75) is 45.1 Å². The number of halogens is 2. The Morgan fingerprint density at radius 3 is 2.21 bits per heavy atom. The van der Waals surface area contributed by atoms with Crippen molar-refractivity contribution in [3.63, 3.8) is 0 Å². The first-order valence-corrected chi connectivity index (χ1v) is 6.05. The highest BCUT2D eigenvalue weighted by atomic mass is 19.3. The first kappa shape index (κ1) is 17.6. The zero-order chi connectivity index (χ0) is 15.1. The van der Waals surface area contributed by atoms with Gasteiger partial charge in [0, 0.05) is 6.42 Å². The highest BCUT2D eigenvalue weighted by Gasteiger charge is 2.32. The number of esters is 1. The van der Waals surface area contributed by atoms with E-state index in [4.69, 9.17) is 0 Å². The molecule has 0 aromatic heterocycles. The molecule has 0 aromatic carbocycles. The Balaban J connectivity index is 4.77. The molecule has 5 nitrogen and oxygen atoms in total. The van der Waals surface area contributed by atoms with Crippen LogP contribution in [-0.2, 0) is 14.3 Å². The van der Waals surface area contributed by atoms with Crippen LogP contribution in [0.4, 0.5) is 13.6 Å². The Bertz CT molecular complexity index is 305. The SMILES string of the molecule is CCC(CCC(C)(F)F)C(NC(=O)OC)C(=O)OC. The molecule has 0 radical (unpaired) electrons. The Kier molecular flexibility index (Phi) is 7.33. The Morgan fingerprint density at radius 2 is 1.84 bits per heavy atom. The van der Waals surface area contributed by atoms with Crippen LogP contribution in [0.15, 0.2) is 0 Å². The molecule has 1 N–H and O–H groups in total. The molecule has 0 saturated carbocycles. The van der Waals surface area contributed by atoms with Crippen molar-refractivity contribution in [1.82, 2.24) is 5.32 Å². The minimum atomic E-state index is -2.81. The number of alkyl carbamates (subject to hydrolysis) is 1. The highest BCUT2D eigenvalue weighted by molar-refractivity contribution is 5.81. The Morgan fingerprint density at radius 1 is 1.26 bits per heavy atom. The third-order valence-corrected chi connectivity index (χ3v) is 2.86. The second kappa shape index (κ2) is 7.91. The van der Waals surface area contributed by atoms with E-state index in [1.165, 1.54) is 7.11 Å². The Hall–Kier alpha value is -1.40. The predicted octanol–water partition coefficient (Wildman–Crippen LogP) is 2.35. The van der Waals surface area contributed by atoms with E-state index in [0.717, 1.165) is 14.0 Å². The number of amides is 1.